The van der Waals surface area contributed by atoms with Gasteiger partial charge in [-0.3, -0.25) is 4.79 Å². The van der Waals surface area contributed by atoms with Crippen molar-refractivity contribution in [3.8, 4) is 0 Å². The molecule has 0 spiro atoms. The van der Waals surface area contributed by atoms with Crippen LogP contribution in [0.25, 0.3) is 0 Å². The Morgan fingerprint density at radius 1 is 1.43 bits per heavy atom. The number of nitrogens with zero attached hydrogens (tertiary/aromatic N) is 2. The van der Waals surface area contributed by atoms with Crippen molar-refractivity contribution in [3.05, 3.63) is 18.0 Å². The normalized spacial score (nSPS) is 17.2. The molecule has 7 heteroatoms. The molecule has 0 unspecified atom stereocenters. The smallest absolute Gasteiger partial charge is 0.317 e. The number of rotatable bonds is 5. The fourth-order valence-corrected chi connectivity index (χ4v) is 2.95. The molecule has 7 nitrogen and oxygen atoms in total. The Bertz CT molecular complexity index is 480. The Morgan fingerprint density at radius 2 is 2.14 bits per heavy atom. The van der Waals surface area contributed by atoms with Crippen molar-refractivity contribution in [2.75, 3.05) is 7.05 Å². The van der Waals surface area contributed by atoms with Gasteiger partial charge in [0.25, 0.3) is 0 Å². The van der Waals surface area contributed by atoms with Crippen molar-refractivity contribution in [1.29, 1.82) is 0 Å². The summed E-state index contributed by atoms with van der Waals surface area (Å²) in [5.74, 6) is -0.306. The van der Waals surface area contributed by atoms with Gasteiger partial charge in [-0.05, 0) is 12.8 Å². The minimum Gasteiger partial charge on any atom is -0.481 e. The van der Waals surface area contributed by atoms with E-state index in [2.05, 4.69) is 10.5 Å². The highest BCUT2D eigenvalue weighted by Gasteiger charge is 2.40. The molecule has 1 aromatic heterocycles. The highest BCUT2D eigenvalue weighted by atomic mass is 16.5. The first kappa shape index (κ1) is 15.3. The second-order valence-electron chi connectivity index (χ2n) is 5.55. The first-order valence-corrected chi connectivity index (χ1v) is 7.16. The van der Waals surface area contributed by atoms with E-state index in [1.54, 1.807) is 18.0 Å². The Morgan fingerprint density at radius 3 is 2.71 bits per heavy atom. The van der Waals surface area contributed by atoms with Crippen LogP contribution < -0.4 is 5.32 Å². The van der Waals surface area contributed by atoms with Crippen LogP contribution in [0.2, 0.25) is 0 Å². The number of aromatic nitrogens is 1. The van der Waals surface area contributed by atoms with Gasteiger partial charge < -0.3 is 19.8 Å². The van der Waals surface area contributed by atoms with Crippen molar-refractivity contribution >= 4 is 12.0 Å². The molecule has 0 atom stereocenters. The number of aliphatic carboxylic acids is 1. The molecule has 0 aliphatic heterocycles. The van der Waals surface area contributed by atoms with Crippen LogP contribution >= 0.6 is 0 Å². The molecule has 1 saturated carbocycles. The first-order valence-electron chi connectivity index (χ1n) is 7.16. The molecule has 21 heavy (non-hydrogen) atoms. The van der Waals surface area contributed by atoms with E-state index in [0.717, 1.165) is 32.1 Å². The van der Waals surface area contributed by atoms with E-state index in [4.69, 9.17) is 9.63 Å². The molecular weight excluding hydrogens is 274 g/mol. The molecule has 2 amide bonds. The Hall–Kier alpha value is -2.05. The van der Waals surface area contributed by atoms with Gasteiger partial charge in [-0.1, -0.05) is 24.4 Å². The molecule has 2 N–H and O–H groups in total. The van der Waals surface area contributed by atoms with Crippen LogP contribution in [0.4, 0.5) is 4.79 Å². The lowest BCUT2D eigenvalue weighted by atomic mass is 9.78. The van der Waals surface area contributed by atoms with Crippen LogP contribution in [0.15, 0.2) is 16.8 Å². The average Bonchev–Trinajstić information content (AvgIpc) is 2.97. The summed E-state index contributed by atoms with van der Waals surface area (Å²) < 4.78 is 4.92. The minimum absolute atomic E-state index is 0.0147. The Balaban J connectivity index is 2.00. The lowest BCUT2D eigenvalue weighted by Gasteiger charge is -2.43. The number of carboxylic acid groups (broad SMARTS) is 1. The molecule has 1 heterocycles. The molecule has 1 aliphatic carbocycles. The molecular formula is C14H21N3O4. The third-order valence-corrected chi connectivity index (χ3v) is 4.19. The second kappa shape index (κ2) is 6.60. The van der Waals surface area contributed by atoms with Crippen LogP contribution in [-0.2, 0) is 11.3 Å². The van der Waals surface area contributed by atoms with Crippen molar-refractivity contribution < 1.29 is 19.2 Å². The van der Waals surface area contributed by atoms with Crippen molar-refractivity contribution in [1.82, 2.24) is 15.4 Å². The van der Waals surface area contributed by atoms with Gasteiger partial charge >= 0.3 is 12.0 Å². The molecule has 116 valence electrons. The van der Waals surface area contributed by atoms with E-state index in [1.165, 1.54) is 6.20 Å². The number of carbonyl (C=O) groups is 2. The summed E-state index contributed by atoms with van der Waals surface area (Å²) in [5.41, 5.74) is -0.588. The predicted molar refractivity (Wildman–Crippen MR) is 74.6 cm³/mol. The summed E-state index contributed by atoms with van der Waals surface area (Å²) in [7, 11) is 1.67. The minimum atomic E-state index is -0.869. The van der Waals surface area contributed by atoms with E-state index in [0.29, 0.717) is 5.76 Å². The first-order chi connectivity index (χ1) is 10.0. The monoisotopic (exact) mass is 295 g/mol. The molecule has 0 radical (unpaired) electrons. The van der Waals surface area contributed by atoms with E-state index < -0.39 is 11.5 Å². The third-order valence-electron chi connectivity index (χ3n) is 4.19. The molecule has 0 aromatic carbocycles. The molecule has 1 fully saturated rings. The van der Waals surface area contributed by atoms with Gasteiger partial charge in [0.2, 0.25) is 0 Å². The highest BCUT2D eigenvalue weighted by molar-refractivity contribution is 5.76. The standard InChI is InChI=1S/C14H21N3O4/c1-17(13(20)15-10-11-5-8-16-21-11)14(9-12(18)19)6-3-2-4-7-14/h5,8H,2-4,6-7,9-10H2,1H3,(H,15,20)(H,18,19). The molecule has 2 rings (SSSR count). The highest BCUT2D eigenvalue weighted by Crippen LogP contribution is 2.35. The van der Waals surface area contributed by atoms with Gasteiger partial charge in [0, 0.05) is 13.1 Å². The summed E-state index contributed by atoms with van der Waals surface area (Å²) in [6, 6.07) is 1.39. The van der Waals surface area contributed by atoms with Crippen LogP contribution in [0, 0.1) is 0 Å². The largest absolute Gasteiger partial charge is 0.481 e. The van der Waals surface area contributed by atoms with Gasteiger partial charge in [0.15, 0.2) is 5.76 Å². The zero-order chi connectivity index (χ0) is 15.3. The fourth-order valence-electron chi connectivity index (χ4n) is 2.95. The number of carbonyl (C=O) groups excluding carboxylic acids is 1. The van der Waals surface area contributed by atoms with E-state index in [-0.39, 0.29) is 19.0 Å². The topological polar surface area (TPSA) is 95.7 Å². The maximum atomic E-state index is 12.3. The zero-order valence-corrected chi connectivity index (χ0v) is 12.2. The second-order valence-corrected chi connectivity index (χ2v) is 5.55. The van der Waals surface area contributed by atoms with Gasteiger partial charge in [0.05, 0.1) is 24.7 Å². The summed E-state index contributed by atoms with van der Waals surface area (Å²) >= 11 is 0. The van der Waals surface area contributed by atoms with Crippen LogP contribution in [0.5, 0.6) is 0 Å². The number of hydrogen-bond donors (Lipinski definition) is 2. The van der Waals surface area contributed by atoms with Crippen LogP contribution in [0.1, 0.15) is 44.3 Å². The Kier molecular flexibility index (Phi) is 4.82. The van der Waals surface area contributed by atoms with E-state index >= 15 is 0 Å². The van der Waals surface area contributed by atoms with Crippen molar-refractivity contribution in [2.45, 2.75) is 50.6 Å². The van der Waals surface area contributed by atoms with Crippen LogP contribution in [0.3, 0.4) is 0 Å². The van der Waals surface area contributed by atoms with Crippen molar-refractivity contribution in [2.24, 2.45) is 0 Å². The maximum Gasteiger partial charge on any atom is 0.317 e. The summed E-state index contributed by atoms with van der Waals surface area (Å²) in [5, 5.41) is 15.5. The number of nitrogens with one attached hydrogen (secondary N) is 1. The quantitative estimate of drug-likeness (QED) is 0.866. The number of hydrogen-bond acceptors (Lipinski definition) is 4. The maximum absolute atomic E-state index is 12.3. The fraction of sp³-hybridized carbons (Fsp3) is 0.643. The van der Waals surface area contributed by atoms with Gasteiger partial charge in [0.1, 0.15) is 0 Å². The zero-order valence-electron chi connectivity index (χ0n) is 12.2. The summed E-state index contributed by atoms with van der Waals surface area (Å²) in [6.07, 6.45) is 5.95. The number of carboxylic acids is 1. The lowest BCUT2D eigenvalue weighted by Crippen LogP contribution is -2.54. The molecule has 0 bridgehead atoms. The summed E-state index contributed by atoms with van der Waals surface area (Å²) in [4.78, 5) is 25.0. The predicted octanol–water partition coefficient (Wildman–Crippen LogP) is 1.99. The van der Waals surface area contributed by atoms with Gasteiger partial charge in [-0.2, -0.15) is 0 Å². The van der Waals surface area contributed by atoms with E-state index in [9.17, 15) is 9.59 Å². The number of amides is 2. The lowest BCUT2D eigenvalue weighted by molar-refractivity contribution is -0.140. The van der Waals surface area contributed by atoms with E-state index in [1.807, 2.05) is 0 Å². The molecule has 0 saturated heterocycles. The van der Waals surface area contributed by atoms with Crippen molar-refractivity contribution in [3.63, 3.8) is 0 Å². The SMILES string of the molecule is CN(C(=O)NCc1ccno1)C1(CC(=O)O)CCCCC1. The molecule has 1 aliphatic rings. The van der Waals surface area contributed by atoms with Gasteiger partial charge in [-0.25, -0.2) is 4.79 Å². The molecule has 1 aromatic rings. The van der Waals surface area contributed by atoms with Gasteiger partial charge in [-0.15, -0.1) is 0 Å². The number of urea groups is 1. The average molecular weight is 295 g/mol. The third kappa shape index (κ3) is 3.74. The summed E-state index contributed by atoms with van der Waals surface area (Å²) in [6.45, 7) is 0.242. The Labute approximate surface area is 123 Å². The van der Waals surface area contributed by atoms with Crippen LogP contribution in [-0.4, -0.2) is 39.8 Å².